The monoisotopic (exact) mass is 337 g/mol. The molecule has 2 aromatic carbocycles. The van der Waals surface area contributed by atoms with E-state index in [0.29, 0.717) is 11.3 Å². The second kappa shape index (κ2) is 7.01. The summed E-state index contributed by atoms with van der Waals surface area (Å²) in [5.41, 5.74) is 12.9. The summed E-state index contributed by atoms with van der Waals surface area (Å²) in [7, 11) is 3.07. The number of carbonyl (C=O) groups excluding carboxylic acids is 1. The van der Waals surface area contributed by atoms with E-state index in [0.717, 1.165) is 36.1 Å². The molecule has 3 rings (SSSR count). The third-order valence-electron chi connectivity index (χ3n) is 4.62. The van der Waals surface area contributed by atoms with Crippen molar-refractivity contribution in [2.75, 3.05) is 20.0 Å². The zero-order valence-corrected chi connectivity index (χ0v) is 14.9. The number of aryl methyl sites for hydroxylation is 1. The standard InChI is InChI=1S/C21H23NO3/c1-13-7-8-20(24-2)19(9-13)18-6-4-5-17(18)14-10-15(21(23)25-3)12-16(22)11-14/h7-12H,4-6,22H2,1-3H3. The first-order valence-corrected chi connectivity index (χ1v) is 8.39. The second-order valence-corrected chi connectivity index (χ2v) is 6.35. The number of allylic oxidation sites excluding steroid dienone is 2. The van der Waals surface area contributed by atoms with Crippen LogP contribution in [0.3, 0.4) is 0 Å². The Balaban J connectivity index is 2.16. The quantitative estimate of drug-likeness (QED) is 0.660. The van der Waals surface area contributed by atoms with E-state index in [2.05, 4.69) is 13.0 Å². The van der Waals surface area contributed by atoms with Gasteiger partial charge in [0, 0.05) is 11.3 Å². The van der Waals surface area contributed by atoms with Gasteiger partial charge in [-0.05, 0) is 73.2 Å². The molecule has 0 spiro atoms. The van der Waals surface area contributed by atoms with Crippen molar-refractivity contribution in [3.8, 4) is 5.75 Å². The van der Waals surface area contributed by atoms with Gasteiger partial charge in [-0.3, -0.25) is 0 Å². The Labute approximate surface area is 148 Å². The summed E-state index contributed by atoms with van der Waals surface area (Å²) in [5, 5.41) is 0. The third-order valence-corrected chi connectivity index (χ3v) is 4.62. The van der Waals surface area contributed by atoms with Gasteiger partial charge in [-0.15, -0.1) is 0 Å². The molecule has 0 saturated carbocycles. The highest BCUT2D eigenvalue weighted by Gasteiger charge is 2.21. The smallest absolute Gasteiger partial charge is 0.337 e. The maximum absolute atomic E-state index is 11.9. The molecule has 1 aliphatic carbocycles. The fraction of sp³-hybridized carbons (Fsp3) is 0.286. The second-order valence-electron chi connectivity index (χ2n) is 6.35. The van der Waals surface area contributed by atoms with Gasteiger partial charge in [-0.2, -0.15) is 0 Å². The molecule has 4 nitrogen and oxygen atoms in total. The molecular weight excluding hydrogens is 314 g/mol. The summed E-state index contributed by atoms with van der Waals surface area (Å²) >= 11 is 0. The van der Waals surface area contributed by atoms with Crippen LogP contribution >= 0.6 is 0 Å². The average Bonchev–Trinajstić information content (AvgIpc) is 3.10. The number of nitrogen functional groups attached to an aromatic ring is 1. The Bertz CT molecular complexity index is 852. The summed E-state index contributed by atoms with van der Waals surface area (Å²) < 4.78 is 10.4. The zero-order chi connectivity index (χ0) is 18.0. The minimum atomic E-state index is -0.373. The van der Waals surface area contributed by atoms with E-state index in [1.165, 1.54) is 23.8 Å². The van der Waals surface area contributed by atoms with Gasteiger partial charge in [0.2, 0.25) is 0 Å². The fourth-order valence-corrected chi connectivity index (χ4v) is 3.48. The van der Waals surface area contributed by atoms with Crippen molar-refractivity contribution < 1.29 is 14.3 Å². The fourth-order valence-electron chi connectivity index (χ4n) is 3.48. The van der Waals surface area contributed by atoms with Gasteiger partial charge in [0.25, 0.3) is 0 Å². The largest absolute Gasteiger partial charge is 0.496 e. The molecule has 0 heterocycles. The number of ether oxygens (including phenoxy) is 2. The van der Waals surface area contributed by atoms with Gasteiger partial charge < -0.3 is 15.2 Å². The van der Waals surface area contributed by atoms with Crippen molar-refractivity contribution in [2.45, 2.75) is 26.2 Å². The van der Waals surface area contributed by atoms with Crippen LogP contribution in [0.2, 0.25) is 0 Å². The van der Waals surface area contributed by atoms with E-state index in [1.807, 2.05) is 24.3 Å². The van der Waals surface area contributed by atoms with E-state index >= 15 is 0 Å². The van der Waals surface area contributed by atoms with Gasteiger partial charge in [0.15, 0.2) is 0 Å². The van der Waals surface area contributed by atoms with Crippen LogP contribution in [0.1, 0.15) is 46.3 Å². The topological polar surface area (TPSA) is 61.5 Å². The van der Waals surface area contributed by atoms with Crippen LogP contribution < -0.4 is 10.5 Å². The van der Waals surface area contributed by atoms with E-state index in [1.54, 1.807) is 13.2 Å². The molecule has 25 heavy (non-hydrogen) atoms. The lowest BCUT2D eigenvalue weighted by Gasteiger charge is -2.14. The Hall–Kier alpha value is -2.75. The number of hydrogen-bond acceptors (Lipinski definition) is 4. The highest BCUT2D eigenvalue weighted by Crippen LogP contribution is 2.43. The predicted molar refractivity (Wildman–Crippen MR) is 101 cm³/mol. The number of benzene rings is 2. The molecule has 0 aliphatic heterocycles. The van der Waals surface area contributed by atoms with Crippen LogP contribution in [0.4, 0.5) is 5.69 Å². The Morgan fingerprint density at radius 1 is 1.04 bits per heavy atom. The van der Waals surface area contributed by atoms with Crippen molar-refractivity contribution in [3.05, 3.63) is 58.7 Å². The Kier molecular flexibility index (Phi) is 4.79. The van der Waals surface area contributed by atoms with Crippen LogP contribution in [0.15, 0.2) is 36.4 Å². The van der Waals surface area contributed by atoms with Gasteiger partial charge >= 0.3 is 5.97 Å². The summed E-state index contributed by atoms with van der Waals surface area (Å²) in [5.74, 6) is 0.499. The van der Waals surface area contributed by atoms with Crippen LogP contribution in [0.25, 0.3) is 11.1 Å². The summed E-state index contributed by atoms with van der Waals surface area (Å²) in [6.07, 6.45) is 3.01. The van der Waals surface area contributed by atoms with E-state index in [4.69, 9.17) is 15.2 Å². The molecule has 0 bridgehead atoms. The summed E-state index contributed by atoms with van der Waals surface area (Å²) in [6.45, 7) is 2.08. The van der Waals surface area contributed by atoms with E-state index < -0.39 is 0 Å². The first kappa shape index (κ1) is 17.1. The SMILES string of the molecule is COC(=O)c1cc(N)cc(C2=C(c3cc(C)ccc3OC)CCC2)c1. The molecule has 0 fully saturated rings. The zero-order valence-electron chi connectivity index (χ0n) is 14.9. The van der Waals surface area contributed by atoms with Crippen LogP contribution in [0, 0.1) is 6.92 Å². The van der Waals surface area contributed by atoms with Gasteiger partial charge in [0.1, 0.15) is 5.75 Å². The van der Waals surface area contributed by atoms with Crippen LogP contribution in [0.5, 0.6) is 5.75 Å². The van der Waals surface area contributed by atoms with Crippen molar-refractivity contribution in [3.63, 3.8) is 0 Å². The number of rotatable bonds is 4. The summed E-state index contributed by atoms with van der Waals surface area (Å²) in [6, 6.07) is 11.7. The van der Waals surface area contributed by atoms with Crippen molar-refractivity contribution in [1.82, 2.24) is 0 Å². The molecule has 130 valence electrons. The normalized spacial score (nSPS) is 13.9. The van der Waals surface area contributed by atoms with Gasteiger partial charge in [0.05, 0.1) is 19.8 Å². The molecule has 2 N–H and O–H groups in total. The lowest BCUT2D eigenvalue weighted by atomic mass is 9.94. The number of nitrogens with two attached hydrogens (primary N) is 1. The number of methoxy groups -OCH3 is 2. The minimum absolute atomic E-state index is 0.373. The Morgan fingerprint density at radius 3 is 2.52 bits per heavy atom. The highest BCUT2D eigenvalue weighted by molar-refractivity contribution is 5.97. The van der Waals surface area contributed by atoms with Crippen molar-refractivity contribution >= 4 is 22.8 Å². The molecule has 0 amide bonds. The number of carbonyl (C=O) groups is 1. The average molecular weight is 337 g/mol. The molecule has 0 radical (unpaired) electrons. The number of anilines is 1. The number of hydrogen-bond donors (Lipinski definition) is 1. The maximum atomic E-state index is 11.9. The molecular formula is C21H23NO3. The minimum Gasteiger partial charge on any atom is -0.496 e. The highest BCUT2D eigenvalue weighted by atomic mass is 16.5. The van der Waals surface area contributed by atoms with E-state index in [-0.39, 0.29) is 5.97 Å². The lowest BCUT2D eigenvalue weighted by molar-refractivity contribution is 0.0600. The molecule has 0 unspecified atom stereocenters. The van der Waals surface area contributed by atoms with E-state index in [9.17, 15) is 4.79 Å². The van der Waals surface area contributed by atoms with Crippen LogP contribution in [-0.4, -0.2) is 20.2 Å². The number of esters is 1. The first-order chi connectivity index (χ1) is 12.0. The molecule has 0 saturated heterocycles. The van der Waals surface area contributed by atoms with Gasteiger partial charge in [-0.25, -0.2) is 4.79 Å². The van der Waals surface area contributed by atoms with Crippen LogP contribution in [-0.2, 0) is 4.74 Å². The summed E-state index contributed by atoms with van der Waals surface area (Å²) in [4.78, 5) is 11.9. The molecule has 2 aromatic rings. The molecule has 1 aliphatic rings. The molecule has 0 atom stereocenters. The third kappa shape index (κ3) is 3.38. The molecule has 4 heteroatoms. The molecule has 0 aromatic heterocycles. The lowest BCUT2D eigenvalue weighted by Crippen LogP contribution is -2.03. The Morgan fingerprint density at radius 2 is 1.80 bits per heavy atom. The van der Waals surface area contributed by atoms with Crippen molar-refractivity contribution in [1.29, 1.82) is 0 Å². The maximum Gasteiger partial charge on any atom is 0.337 e. The van der Waals surface area contributed by atoms with Gasteiger partial charge in [-0.1, -0.05) is 11.6 Å². The first-order valence-electron chi connectivity index (χ1n) is 8.39. The predicted octanol–water partition coefficient (Wildman–Crippen LogP) is 4.47. The van der Waals surface area contributed by atoms with Crippen molar-refractivity contribution in [2.24, 2.45) is 0 Å².